The zero-order valence-corrected chi connectivity index (χ0v) is 27.1. The summed E-state index contributed by atoms with van der Waals surface area (Å²) in [5.41, 5.74) is 0.141. The van der Waals surface area contributed by atoms with E-state index in [2.05, 4.69) is 21.3 Å². The largest absolute Gasteiger partial charge is 0.361 e. The molecule has 2 rings (SSSR count). The molecule has 0 spiro atoms. The lowest BCUT2D eigenvalue weighted by Gasteiger charge is -2.28. The Morgan fingerprint density at radius 2 is 1.12 bits per heavy atom. The zero-order chi connectivity index (χ0) is 32.3. The predicted molar refractivity (Wildman–Crippen MR) is 166 cm³/mol. The highest BCUT2D eigenvalue weighted by molar-refractivity contribution is 5.98. The minimum absolute atomic E-state index is 0.0595. The summed E-state index contributed by atoms with van der Waals surface area (Å²) in [6.45, 7) is 15.1. The number of carbonyl (C=O) groups is 5. The van der Waals surface area contributed by atoms with Gasteiger partial charge < -0.3 is 26.0 Å². The summed E-state index contributed by atoms with van der Waals surface area (Å²) in [5.74, 6) is -1.63. The second-order valence-corrected chi connectivity index (χ2v) is 13.2. The van der Waals surface area contributed by atoms with Crippen molar-refractivity contribution in [1.82, 2.24) is 21.3 Å². The first kappa shape index (κ1) is 35.9. The molecular weight excluding hydrogens is 548 g/mol. The van der Waals surface area contributed by atoms with E-state index in [-0.39, 0.29) is 29.4 Å². The second kappa shape index (κ2) is 16.5. The van der Waals surface area contributed by atoms with Crippen molar-refractivity contribution in [3.8, 4) is 0 Å². The topological polar surface area (TPSA) is 146 Å². The van der Waals surface area contributed by atoms with E-state index in [0.717, 1.165) is 5.56 Å². The average Bonchev–Trinajstić information content (AvgIpc) is 3.67. The molecule has 1 unspecified atom stereocenters. The number of rotatable bonds is 18. The van der Waals surface area contributed by atoms with Crippen molar-refractivity contribution >= 4 is 29.4 Å². The van der Waals surface area contributed by atoms with E-state index in [4.69, 9.17) is 4.74 Å². The van der Waals surface area contributed by atoms with Gasteiger partial charge in [-0.2, -0.15) is 0 Å². The van der Waals surface area contributed by atoms with Gasteiger partial charge in [0.15, 0.2) is 5.78 Å². The number of carbonyl (C=O) groups excluding carboxylic acids is 5. The molecule has 0 bridgehead atoms. The Hall–Kier alpha value is -3.27. The van der Waals surface area contributed by atoms with Crippen LogP contribution in [0, 0.1) is 17.8 Å². The molecule has 0 saturated carbocycles. The molecule has 43 heavy (non-hydrogen) atoms. The Labute approximate surface area is 256 Å². The molecule has 1 saturated heterocycles. The third kappa shape index (κ3) is 12.5. The molecule has 4 amide bonds. The molecule has 4 N–H and O–H groups in total. The third-order valence-corrected chi connectivity index (χ3v) is 7.38. The molecule has 1 aromatic rings. The molecule has 0 aromatic heterocycles. The Morgan fingerprint density at radius 1 is 0.698 bits per heavy atom. The van der Waals surface area contributed by atoms with Gasteiger partial charge in [-0.15, -0.1) is 0 Å². The highest BCUT2D eigenvalue weighted by atomic mass is 16.6. The van der Waals surface area contributed by atoms with E-state index in [0.29, 0.717) is 38.7 Å². The van der Waals surface area contributed by atoms with Gasteiger partial charge in [-0.3, -0.25) is 24.0 Å². The standard InChI is InChI=1S/C33H52N4O6/c1-20(2)16-26(29(39)33(8)19-43-33)35-31(41)27(17-21(3)4)37-32(42)28(18-22(5)6)36-30(40)25(34-23(7)38)15-14-24-12-10-9-11-13-24/h9-13,20-22,25-28H,14-19H2,1-8H3,(H,34,38)(H,35,41)(H,36,40)(H,37,42)/t25-,26-,27-,28-,33?/m0/s1. The van der Waals surface area contributed by atoms with E-state index in [1.807, 2.05) is 71.9 Å². The van der Waals surface area contributed by atoms with Crippen LogP contribution in [0.2, 0.25) is 0 Å². The fourth-order valence-corrected chi connectivity index (χ4v) is 5.01. The van der Waals surface area contributed by atoms with Crippen molar-refractivity contribution in [1.29, 1.82) is 0 Å². The molecule has 1 aliphatic rings. The van der Waals surface area contributed by atoms with Crippen LogP contribution >= 0.6 is 0 Å². The molecule has 1 fully saturated rings. The van der Waals surface area contributed by atoms with Crippen LogP contribution in [0.5, 0.6) is 0 Å². The highest BCUT2D eigenvalue weighted by Gasteiger charge is 2.50. The number of Topliss-reactive ketones (excluding diaryl/α,β-unsaturated/α-hetero) is 1. The molecule has 5 atom stereocenters. The van der Waals surface area contributed by atoms with Crippen LogP contribution < -0.4 is 21.3 Å². The minimum Gasteiger partial charge on any atom is -0.361 e. The number of epoxide rings is 1. The van der Waals surface area contributed by atoms with Crippen molar-refractivity contribution in [3.63, 3.8) is 0 Å². The maximum absolute atomic E-state index is 13.6. The molecule has 240 valence electrons. The smallest absolute Gasteiger partial charge is 0.243 e. The van der Waals surface area contributed by atoms with E-state index in [9.17, 15) is 24.0 Å². The van der Waals surface area contributed by atoms with Gasteiger partial charge in [0, 0.05) is 6.92 Å². The third-order valence-electron chi connectivity index (χ3n) is 7.38. The maximum atomic E-state index is 13.6. The first-order valence-corrected chi connectivity index (χ1v) is 15.5. The molecule has 1 heterocycles. The Balaban J connectivity index is 2.18. The molecule has 0 radical (unpaired) electrons. The van der Waals surface area contributed by atoms with Crippen LogP contribution in [0.15, 0.2) is 30.3 Å². The van der Waals surface area contributed by atoms with Gasteiger partial charge in [0.25, 0.3) is 0 Å². The Bertz CT molecular complexity index is 1100. The first-order chi connectivity index (χ1) is 20.1. The van der Waals surface area contributed by atoms with Gasteiger partial charge >= 0.3 is 0 Å². The number of nitrogens with one attached hydrogen (secondary N) is 4. The number of hydrogen-bond acceptors (Lipinski definition) is 6. The monoisotopic (exact) mass is 600 g/mol. The van der Waals surface area contributed by atoms with Crippen molar-refractivity contribution < 1.29 is 28.7 Å². The normalized spacial score (nSPS) is 18.9. The fraction of sp³-hybridized carbons (Fsp3) is 0.667. The van der Waals surface area contributed by atoms with Gasteiger partial charge in [-0.05, 0) is 62.3 Å². The van der Waals surface area contributed by atoms with Crippen molar-refractivity contribution in [2.75, 3.05) is 6.61 Å². The summed E-state index contributed by atoms with van der Waals surface area (Å²) in [6, 6.07) is 6.25. The number of benzene rings is 1. The Morgan fingerprint density at radius 3 is 1.53 bits per heavy atom. The number of ketones is 1. The quantitative estimate of drug-likeness (QED) is 0.191. The molecule has 1 aromatic carbocycles. The van der Waals surface area contributed by atoms with E-state index in [1.165, 1.54) is 6.92 Å². The maximum Gasteiger partial charge on any atom is 0.243 e. The van der Waals surface area contributed by atoms with Crippen molar-refractivity contribution in [2.24, 2.45) is 17.8 Å². The van der Waals surface area contributed by atoms with E-state index in [1.54, 1.807) is 6.92 Å². The number of ether oxygens (including phenoxy) is 1. The fourth-order valence-electron chi connectivity index (χ4n) is 5.01. The second-order valence-electron chi connectivity index (χ2n) is 13.2. The summed E-state index contributed by atoms with van der Waals surface area (Å²) in [7, 11) is 0. The number of hydrogen-bond donors (Lipinski definition) is 4. The molecule has 1 aliphatic heterocycles. The summed E-state index contributed by atoms with van der Waals surface area (Å²) in [6.07, 6.45) is 2.06. The van der Waals surface area contributed by atoms with Gasteiger partial charge in [-0.1, -0.05) is 71.9 Å². The summed E-state index contributed by atoms with van der Waals surface area (Å²) >= 11 is 0. The van der Waals surface area contributed by atoms with E-state index < -0.39 is 47.5 Å². The van der Waals surface area contributed by atoms with Crippen LogP contribution in [0.3, 0.4) is 0 Å². The number of aryl methyl sites for hydroxylation is 1. The SMILES string of the molecule is CC(=O)N[C@@H](CCc1ccccc1)C(=O)N[C@@H](CC(C)C)C(=O)N[C@@H](CC(C)C)C(=O)N[C@@H](CC(C)C)C(=O)C1(C)CO1. The zero-order valence-electron chi connectivity index (χ0n) is 27.1. The summed E-state index contributed by atoms with van der Waals surface area (Å²) < 4.78 is 5.35. The van der Waals surface area contributed by atoms with Gasteiger partial charge in [-0.25, -0.2) is 0 Å². The summed E-state index contributed by atoms with van der Waals surface area (Å²) in [5, 5.41) is 11.3. The summed E-state index contributed by atoms with van der Waals surface area (Å²) in [4.78, 5) is 65.5. The van der Waals surface area contributed by atoms with Gasteiger partial charge in [0.1, 0.15) is 23.7 Å². The lowest BCUT2D eigenvalue weighted by molar-refractivity contribution is -0.135. The van der Waals surface area contributed by atoms with Crippen molar-refractivity contribution in [2.45, 2.75) is 117 Å². The highest BCUT2D eigenvalue weighted by Crippen LogP contribution is 2.29. The van der Waals surface area contributed by atoms with Crippen LogP contribution in [-0.2, 0) is 35.1 Å². The molecule has 10 nitrogen and oxygen atoms in total. The van der Waals surface area contributed by atoms with E-state index >= 15 is 0 Å². The van der Waals surface area contributed by atoms with Crippen LogP contribution in [0.1, 0.15) is 86.6 Å². The number of amides is 4. The van der Waals surface area contributed by atoms with Gasteiger partial charge in [0.2, 0.25) is 23.6 Å². The van der Waals surface area contributed by atoms with Crippen molar-refractivity contribution in [3.05, 3.63) is 35.9 Å². The van der Waals surface area contributed by atoms with Gasteiger partial charge in [0.05, 0.1) is 12.6 Å². The molecular formula is C33H52N4O6. The predicted octanol–water partition coefficient (Wildman–Crippen LogP) is 3.07. The Kier molecular flexibility index (Phi) is 13.8. The lowest BCUT2D eigenvalue weighted by atomic mass is 9.92. The molecule has 0 aliphatic carbocycles. The first-order valence-electron chi connectivity index (χ1n) is 15.5. The minimum atomic E-state index is -0.921. The van der Waals surface area contributed by atoms with Crippen LogP contribution in [0.25, 0.3) is 0 Å². The van der Waals surface area contributed by atoms with Crippen LogP contribution in [-0.4, -0.2) is 65.8 Å². The average molecular weight is 601 g/mol. The molecule has 10 heteroatoms. The van der Waals surface area contributed by atoms with Crippen LogP contribution in [0.4, 0.5) is 0 Å². The lowest BCUT2D eigenvalue weighted by Crippen LogP contribution is -2.58.